The van der Waals surface area contributed by atoms with E-state index in [0.29, 0.717) is 42.7 Å². The predicted octanol–water partition coefficient (Wildman–Crippen LogP) is 7.74. The number of carbonyl (C=O) groups excluding carboxylic acids is 2. The zero-order chi connectivity index (χ0) is 28.8. The van der Waals surface area contributed by atoms with Crippen molar-refractivity contribution >= 4 is 80.5 Å². The van der Waals surface area contributed by atoms with Crippen molar-refractivity contribution < 1.29 is 19.4 Å². The van der Waals surface area contributed by atoms with Gasteiger partial charge in [0.2, 0.25) is 5.13 Å². The Bertz CT molecular complexity index is 1740. The number of hydrogen-bond donors (Lipinski definition) is 1. The molecule has 41 heavy (non-hydrogen) atoms. The van der Waals surface area contributed by atoms with Crippen molar-refractivity contribution in [3.63, 3.8) is 0 Å². The lowest BCUT2D eigenvalue weighted by Crippen LogP contribution is -2.29. The maximum absolute atomic E-state index is 13.5. The molecule has 0 saturated carbocycles. The van der Waals surface area contributed by atoms with Crippen LogP contribution in [0.2, 0.25) is 15.1 Å². The van der Waals surface area contributed by atoms with Crippen molar-refractivity contribution in [2.24, 2.45) is 0 Å². The van der Waals surface area contributed by atoms with Gasteiger partial charge in [-0.15, -0.1) is 10.2 Å². The molecular weight excluding hydrogens is 625 g/mol. The molecule has 2 atom stereocenters. The second-order valence-corrected chi connectivity index (χ2v) is 13.0. The first-order valence-electron chi connectivity index (χ1n) is 12.5. The second kappa shape index (κ2) is 11.3. The molecule has 1 amide bonds. The van der Waals surface area contributed by atoms with Crippen molar-refractivity contribution in [1.29, 1.82) is 0 Å². The lowest BCUT2D eigenvalue weighted by molar-refractivity contribution is -0.132. The van der Waals surface area contributed by atoms with E-state index >= 15 is 0 Å². The third kappa shape index (κ3) is 5.45. The molecule has 2 aliphatic rings. The molecule has 0 radical (unpaired) electrons. The number of thioether (sulfide) groups is 1. The summed E-state index contributed by atoms with van der Waals surface area (Å²) in [5.74, 6) is -0.686. The highest BCUT2D eigenvalue weighted by molar-refractivity contribution is 8.00. The molecule has 7 nitrogen and oxygen atoms in total. The number of anilines is 1. The van der Waals surface area contributed by atoms with Crippen LogP contribution in [0.5, 0.6) is 5.75 Å². The van der Waals surface area contributed by atoms with Crippen molar-refractivity contribution in [3.8, 4) is 5.75 Å². The molecule has 1 N–H and O–H groups in total. The first kappa shape index (κ1) is 28.1. The molecule has 2 aliphatic heterocycles. The van der Waals surface area contributed by atoms with Crippen LogP contribution in [0.25, 0.3) is 5.76 Å². The molecule has 6 rings (SSSR count). The first-order valence-corrected chi connectivity index (χ1v) is 15.4. The molecule has 3 aromatic carbocycles. The molecule has 0 aliphatic carbocycles. The summed E-state index contributed by atoms with van der Waals surface area (Å²) in [6.45, 7) is 1.96. The molecule has 0 bridgehead atoms. The number of fused-ring (bicyclic) bond motifs is 1. The van der Waals surface area contributed by atoms with Gasteiger partial charge >= 0.3 is 5.91 Å². The molecule has 1 aromatic heterocycles. The molecule has 12 heteroatoms. The molecule has 0 unspecified atom stereocenters. The van der Waals surface area contributed by atoms with Gasteiger partial charge in [0.1, 0.15) is 17.6 Å². The van der Waals surface area contributed by atoms with Gasteiger partial charge < -0.3 is 9.84 Å². The van der Waals surface area contributed by atoms with Crippen LogP contribution in [0, 0.1) is 0 Å². The van der Waals surface area contributed by atoms with Gasteiger partial charge in [0.15, 0.2) is 4.34 Å². The Morgan fingerprint density at radius 3 is 2.66 bits per heavy atom. The normalized spacial score (nSPS) is 19.5. The zero-order valence-corrected chi connectivity index (χ0v) is 25.2. The summed E-state index contributed by atoms with van der Waals surface area (Å²) in [4.78, 5) is 28.3. The van der Waals surface area contributed by atoms with Crippen molar-refractivity contribution in [1.82, 2.24) is 10.2 Å². The molecule has 4 aromatic rings. The van der Waals surface area contributed by atoms with E-state index < -0.39 is 17.7 Å². The lowest BCUT2D eigenvalue weighted by atomic mass is 9.94. The molecule has 3 heterocycles. The zero-order valence-electron chi connectivity index (χ0n) is 21.3. The molecule has 1 fully saturated rings. The Hall–Kier alpha value is -3.08. The van der Waals surface area contributed by atoms with E-state index in [1.165, 1.54) is 16.7 Å². The maximum atomic E-state index is 13.5. The number of halogens is 3. The Balaban J connectivity index is 1.38. The summed E-state index contributed by atoms with van der Waals surface area (Å²) < 4.78 is 6.35. The standard InChI is InChI=1S/C29H20Cl3N3O4S2/c1-14-9-18-10-16(6-8-22(18)39-14)25(36)23-24(15-3-2-4-19(30)11-15)35(27(38)26(23)37)28-33-34-29(41-28)40-13-17-5-7-20(31)12-21(17)32/h2-8,10-12,14,24,36H,9,13H2,1H3/b25-23+/t14-,24-/m1/s1. The van der Waals surface area contributed by atoms with E-state index in [4.69, 9.17) is 39.5 Å². The summed E-state index contributed by atoms with van der Waals surface area (Å²) in [6.07, 6.45) is 0.689. The number of Topliss-reactive ketones (excluding diaryl/α,β-unsaturated/α-hetero) is 1. The third-order valence-electron chi connectivity index (χ3n) is 6.75. The number of ether oxygens (including phenoxy) is 1. The van der Waals surface area contributed by atoms with Crippen molar-refractivity contribution in [2.45, 2.75) is 35.6 Å². The van der Waals surface area contributed by atoms with Crippen LogP contribution in [-0.4, -0.2) is 33.1 Å². The fourth-order valence-corrected chi connectivity index (χ4v) is 7.51. The summed E-state index contributed by atoms with van der Waals surface area (Å²) in [5.41, 5.74) is 2.70. The van der Waals surface area contributed by atoms with Crippen LogP contribution in [0.15, 0.2) is 70.6 Å². The highest BCUT2D eigenvalue weighted by Gasteiger charge is 2.48. The highest BCUT2D eigenvalue weighted by atomic mass is 35.5. The van der Waals surface area contributed by atoms with Crippen molar-refractivity contribution in [2.75, 3.05) is 4.90 Å². The summed E-state index contributed by atoms with van der Waals surface area (Å²) in [6, 6.07) is 16.4. The van der Waals surface area contributed by atoms with Gasteiger partial charge in [0.25, 0.3) is 5.78 Å². The van der Waals surface area contributed by atoms with Gasteiger partial charge in [0, 0.05) is 32.8 Å². The minimum atomic E-state index is -0.964. The van der Waals surface area contributed by atoms with Crippen molar-refractivity contribution in [3.05, 3.63) is 104 Å². The molecular formula is C29H20Cl3N3O4S2. The fourth-order valence-electron chi connectivity index (χ4n) is 4.88. The number of hydrogen-bond acceptors (Lipinski definition) is 8. The number of aliphatic hydroxyl groups excluding tert-OH is 1. The number of carbonyl (C=O) groups is 2. The van der Waals surface area contributed by atoms with Gasteiger partial charge in [-0.1, -0.05) is 76.1 Å². The molecule has 208 valence electrons. The topological polar surface area (TPSA) is 92.6 Å². The number of nitrogens with zero attached hydrogens (tertiary/aromatic N) is 3. The highest BCUT2D eigenvalue weighted by Crippen LogP contribution is 2.45. The van der Waals surface area contributed by atoms with Gasteiger partial charge in [0.05, 0.1) is 11.6 Å². The SMILES string of the molecule is C[C@@H]1Cc2cc(/C(O)=C3\C(=O)C(=O)N(c4nnc(SCc5ccc(Cl)cc5Cl)s4)[C@@H]3c3cccc(Cl)c3)ccc2O1. The largest absolute Gasteiger partial charge is 0.507 e. The molecule has 0 spiro atoms. The van der Waals surface area contributed by atoms with E-state index in [9.17, 15) is 14.7 Å². The van der Waals surface area contributed by atoms with Crippen LogP contribution < -0.4 is 9.64 Å². The number of aromatic nitrogens is 2. The van der Waals surface area contributed by atoms with Crippen LogP contribution in [0.3, 0.4) is 0 Å². The summed E-state index contributed by atoms with van der Waals surface area (Å²) >= 11 is 21.2. The number of aliphatic hydroxyl groups is 1. The van der Waals surface area contributed by atoms with E-state index in [0.717, 1.165) is 28.2 Å². The fraction of sp³-hybridized carbons (Fsp3) is 0.172. The maximum Gasteiger partial charge on any atom is 0.301 e. The Kier molecular flexibility index (Phi) is 7.74. The quantitative estimate of drug-likeness (QED) is 0.0755. The summed E-state index contributed by atoms with van der Waals surface area (Å²) in [7, 11) is 0. The third-order valence-corrected chi connectivity index (χ3v) is 9.67. The average molecular weight is 645 g/mol. The van der Waals surface area contributed by atoms with E-state index in [-0.39, 0.29) is 22.6 Å². The summed E-state index contributed by atoms with van der Waals surface area (Å²) in [5, 5.41) is 21.7. The monoisotopic (exact) mass is 643 g/mol. The second-order valence-electron chi connectivity index (χ2n) is 9.55. The van der Waals surface area contributed by atoms with Crippen LogP contribution in [0.4, 0.5) is 5.13 Å². The van der Waals surface area contributed by atoms with Gasteiger partial charge in [-0.05, 0) is 66.1 Å². The Morgan fingerprint density at radius 1 is 1.07 bits per heavy atom. The number of ketones is 1. The predicted molar refractivity (Wildman–Crippen MR) is 162 cm³/mol. The first-order chi connectivity index (χ1) is 19.7. The van der Waals surface area contributed by atoms with Crippen LogP contribution in [0.1, 0.15) is 35.2 Å². The number of rotatable bonds is 6. The van der Waals surface area contributed by atoms with E-state index in [1.807, 2.05) is 13.0 Å². The minimum Gasteiger partial charge on any atom is -0.507 e. The van der Waals surface area contributed by atoms with Gasteiger partial charge in [-0.3, -0.25) is 14.5 Å². The van der Waals surface area contributed by atoms with Gasteiger partial charge in [-0.25, -0.2) is 0 Å². The molecule has 1 saturated heterocycles. The van der Waals surface area contributed by atoms with E-state index in [1.54, 1.807) is 54.6 Å². The Morgan fingerprint density at radius 2 is 1.88 bits per heavy atom. The van der Waals surface area contributed by atoms with Crippen LogP contribution >= 0.6 is 57.9 Å². The van der Waals surface area contributed by atoms with Gasteiger partial charge in [-0.2, -0.15) is 0 Å². The van der Waals surface area contributed by atoms with Crippen LogP contribution in [-0.2, 0) is 21.8 Å². The minimum absolute atomic E-state index is 0.0135. The number of benzene rings is 3. The number of amides is 1. The smallest absolute Gasteiger partial charge is 0.301 e. The van der Waals surface area contributed by atoms with E-state index in [2.05, 4.69) is 10.2 Å². The average Bonchev–Trinajstić information content (AvgIpc) is 3.62. The lowest BCUT2D eigenvalue weighted by Gasteiger charge is -2.22. The Labute approximate surface area is 258 Å².